The van der Waals surface area contributed by atoms with Crippen molar-refractivity contribution in [2.45, 2.75) is 16.2 Å². The molecule has 2 aromatic rings. The lowest BCUT2D eigenvalue weighted by atomic mass is 10.0. The maximum atomic E-state index is 13.0. The molecule has 0 saturated carbocycles. The average molecular weight is 451 g/mol. The van der Waals surface area contributed by atoms with Gasteiger partial charge in [-0.15, -0.1) is 12.4 Å². The summed E-state index contributed by atoms with van der Waals surface area (Å²) in [4.78, 5) is 27.3. The third-order valence-electron chi connectivity index (χ3n) is 5.24. The van der Waals surface area contributed by atoms with Crippen LogP contribution in [0.2, 0.25) is 0 Å². The molecule has 9 heteroatoms. The minimum absolute atomic E-state index is 0. The number of nitrogens with zero attached hydrogens (tertiary/aromatic N) is 1. The van der Waals surface area contributed by atoms with Crippen molar-refractivity contribution in [1.29, 1.82) is 0 Å². The summed E-state index contributed by atoms with van der Waals surface area (Å²) in [7, 11) is -3.85. The van der Waals surface area contributed by atoms with Crippen LogP contribution in [0.5, 0.6) is 0 Å². The van der Waals surface area contributed by atoms with Crippen LogP contribution in [-0.2, 0) is 14.6 Å². The second-order valence-corrected chi connectivity index (χ2v) is 8.99. The van der Waals surface area contributed by atoms with Crippen molar-refractivity contribution >= 4 is 33.9 Å². The highest BCUT2D eigenvalue weighted by atomic mass is 35.5. The summed E-state index contributed by atoms with van der Waals surface area (Å²) in [5.41, 5.74) is 0.499. The summed E-state index contributed by atoms with van der Waals surface area (Å²) < 4.78 is 31.2. The van der Waals surface area contributed by atoms with E-state index in [-0.39, 0.29) is 50.6 Å². The molecule has 0 bridgehead atoms. The molecule has 1 amide bonds. The van der Waals surface area contributed by atoms with E-state index in [1.54, 1.807) is 12.1 Å². The molecule has 0 aliphatic carbocycles. The smallest absolute Gasteiger partial charge is 0.251 e. The molecule has 1 N–H and O–H groups in total. The molecule has 0 spiro atoms. The predicted molar refractivity (Wildman–Crippen MR) is 113 cm³/mol. The molecule has 0 radical (unpaired) electrons. The Bertz CT molecular complexity index is 1060. The topological polar surface area (TPSA) is 92.8 Å². The zero-order valence-corrected chi connectivity index (χ0v) is 17.9. The molecule has 30 heavy (non-hydrogen) atoms. The SMILES string of the molecule is Cl.O=C(NCCCN1CCOCC1)c1ccc2c(c1)S(=O)(=O)c1ccccc1C2=O. The normalized spacial score (nSPS) is 17.4. The van der Waals surface area contributed by atoms with Crippen LogP contribution in [0.4, 0.5) is 0 Å². The number of hydrogen-bond donors (Lipinski definition) is 1. The predicted octanol–water partition coefficient (Wildman–Crippen LogP) is 1.94. The highest BCUT2D eigenvalue weighted by Crippen LogP contribution is 2.34. The van der Waals surface area contributed by atoms with E-state index in [0.717, 1.165) is 39.3 Å². The van der Waals surface area contributed by atoms with Crippen molar-refractivity contribution in [2.24, 2.45) is 0 Å². The van der Waals surface area contributed by atoms with E-state index in [1.165, 1.54) is 30.3 Å². The van der Waals surface area contributed by atoms with Gasteiger partial charge in [-0.3, -0.25) is 14.5 Å². The van der Waals surface area contributed by atoms with E-state index in [9.17, 15) is 18.0 Å². The third-order valence-corrected chi connectivity index (χ3v) is 7.09. The first kappa shape index (κ1) is 22.4. The molecule has 0 aromatic heterocycles. The van der Waals surface area contributed by atoms with Crippen LogP contribution in [0.1, 0.15) is 32.7 Å². The Morgan fingerprint density at radius 2 is 1.73 bits per heavy atom. The van der Waals surface area contributed by atoms with Gasteiger partial charge in [0.25, 0.3) is 5.91 Å². The van der Waals surface area contributed by atoms with Crippen LogP contribution >= 0.6 is 12.4 Å². The Morgan fingerprint density at radius 3 is 2.50 bits per heavy atom. The largest absolute Gasteiger partial charge is 0.379 e. The summed E-state index contributed by atoms with van der Waals surface area (Å²) in [6, 6.07) is 10.4. The van der Waals surface area contributed by atoms with Gasteiger partial charge in [-0.2, -0.15) is 0 Å². The first-order chi connectivity index (χ1) is 14.0. The van der Waals surface area contributed by atoms with Gasteiger partial charge in [-0.05, 0) is 43.3 Å². The molecular weight excluding hydrogens is 428 g/mol. The van der Waals surface area contributed by atoms with Gasteiger partial charge < -0.3 is 10.1 Å². The average Bonchev–Trinajstić information content (AvgIpc) is 2.75. The molecule has 2 heterocycles. The lowest BCUT2D eigenvalue weighted by Gasteiger charge is -2.26. The first-order valence-corrected chi connectivity index (χ1v) is 11.1. The number of halogens is 1. The Hall–Kier alpha value is -2.26. The highest BCUT2D eigenvalue weighted by Gasteiger charge is 2.34. The Balaban J connectivity index is 0.00000256. The standard InChI is InChI=1S/C21H22N2O5S.ClH/c24-20-16-4-1-2-5-18(16)29(26,27)19-14-15(6-7-17(19)20)21(25)22-8-3-9-23-10-12-28-13-11-23;/h1-2,4-7,14H,3,8-13H2,(H,22,25);1H. The van der Waals surface area contributed by atoms with E-state index in [1.807, 2.05) is 0 Å². The lowest BCUT2D eigenvalue weighted by molar-refractivity contribution is 0.0374. The summed E-state index contributed by atoms with van der Waals surface area (Å²) >= 11 is 0. The fourth-order valence-corrected chi connectivity index (χ4v) is 5.33. The summed E-state index contributed by atoms with van der Waals surface area (Å²) in [6.07, 6.45) is 0.793. The molecule has 2 aromatic carbocycles. The van der Waals surface area contributed by atoms with Gasteiger partial charge in [0.15, 0.2) is 5.78 Å². The number of benzene rings is 2. The minimum atomic E-state index is -3.85. The van der Waals surface area contributed by atoms with Crippen LogP contribution in [-0.4, -0.2) is 64.4 Å². The first-order valence-electron chi connectivity index (χ1n) is 9.59. The lowest BCUT2D eigenvalue weighted by Crippen LogP contribution is -2.38. The Kier molecular flexibility index (Phi) is 6.92. The molecule has 2 aliphatic rings. The van der Waals surface area contributed by atoms with Crippen LogP contribution in [0.3, 0.4) is 0 Å². The molecule has 4 rings (SSSR count). The number of ketones is 1. The van der Waals surface area contributed by atoms with Crippen molar-refractivity contribution in [2.75, 3.05) is 39.4 Å². The van der Waals surface area contributed by atoms with Gasteiger partial charge in [0.2, 0.25) is 9.84 Å². The van der Waals surface area contributed by atoms with Gasteiger partial charge in [-0.25, -0.2) is 8.42 Å². The van der Waals surface area contributed by atoms with E-state index in [2.05, 4.69) is 10.2 Å². The number of morpholine rings is 1. The maximum Gasteiger partial charge on any atom is 0.251 e. The number of fused-ring (bicyclic) bond motifs is 2. The van der Waals surface area contributed by atoms with Crippen molar-refractivity contribution in [1.82, 2.24) is 10.2 Å². The fourth-order valence-electron chi connectivity index (χ4n) is 3.66. The van der Waals surface area contributed by atoms with Gasteiger partial charge >= 0.3 is 0 Å². The molecule has 160 valence electrons. The number of carbonyl (C=O) groups excluding carboxylic acids is 2. The van der Waals surface area contributed by atoms with Crippen molar-refractivity contribution in [3.63, 3.8) is 0 Å². The third kappa shape index (κ3) is 4.27. The number of ether oxygens (including phenoxy) is 1. The fraction of sp³-hybridized carbons (Fsp3) is 0.333. The molecule has 1 saturated heterocycles. The number of sulfone groups is 1. The number of nitrogens with one attached hydrogen (secondary N) is 1. The Morgan fingerprint density at radius 1 is 1.03 bits per heavy atom. The van der Waals surface area contributed by atoms with E-state index < -0.39 is 9.84 Å². The van der Waals surface area contributed by atoms with Gasteiger partial charge in [0, 0.05) is 36.3 Å². The molecule has 0 unspecified atom stereocenters. The van der Waals surface area contributed by atoms with E-state index in [4.69, 9.17) is 4.74 Å². The number of rotatable bonds is 5. The molecule has 2 aliphatic heterocycles. The molecule has 7 nitrogen and oxygen atoms in total. The number of amides is 1. The summed E-state index contributed by atoms with van der Waals surface area (Å²) in [5, 5.41) is 2.83. The molecular formula is C21H23ClN2O5S. The van der Waals surface area contributed by atoms with Gasteiger partial charge in [0.1, 0.15) is 0 Å². The monoisotopic (exact) mass is 450 g/mol. The number of hydrogen-bond acceptors (Lipinski definition) is 6. The van der Waals surface area contributed by atoms with Crippen molar-refractivity contribution < 1.29 is 22.7 Å². The maximum absolute atomic E-state index is 13.0. The van der Waals surface area contributed by atoms with Gasteiger partial charge in [-0.1, -0.05) is 12.1 Å². The Labute approximate surface area is 181 Å². The van der Waals surface area contributed by atoms with Crippen molar-refractivity contribution in [3.8, 4) is 0 Å². The van der Waals surface area contributed by atoms with Gasteiger partial charge in [0.05, 0.1) is 23.0 Å². The van der Waals surface area contributed by atoms with Crippen LogP contribution < -0.4 is 5.32 Å². The second-order valence-electron chi connectivity index (χ2n) is 7.10. The van der Waals surface area contributed by atoms with Crippen LogP contribution in [0.25, 0.3) is 0 Å². The van der Waals surface area contributed by atoms with Crippen LogP contribution in [0, 0.1) is 0 Å². The number of carbonyl (C=O) groups is 2. The minimum Gasteiger partial charge on any atom is -0.379 e. The zero-order chi connectivity index (χ0) is 20.4. The van der Waals surface area contributed by atoms with E-state index >= 15 is 0 Å². The van der Waals surface area contributed by atoms with E-state index in [0.29, 0.717) is 6.54 Å². The zero-order valence-electron chi connectivity index (χ0n) is 16.3. The summed E-state index contributed by atoms with van der Waals surface area (Å²) in [5.74, 6) is -0.695. The second kappa shape index (κ2) is 9.26. The van der Waals surface area contributed by atoms with Crippen LogP contribution in [0.15, 0.2) is 52.3 Å². The van der Waals surface area contributed by atoms with Crippen molar-refractivity contribution in [3.05, 3.63) is 59.2 Å². The highest BCUT2D eigenvalue weighted by molar-refractivity contribution is 7.91. The quantitative estimate of drug-likeness (QED) is 0.597. The summed E-state index contributed by atoms with van der Waals surface area (Å²) in [6.45, 7) is 4.61. The molecule has 1 fully saturated rings. The molecule has 0 atom stereocenters.